The van der Waals surface area contributed by atoms with Crippen LogP contribution < -0.4 is 9.47 Å². The maximum Gasteiger partial charge on any atom is 0.254 e. The maximum absolute atomic E-state index is 12.8. The lowest BCUT2D eigenvalue weighted by Crippen LogP contribution is -2.46. The van der Waals surface area contributed by atoms with Gasteiger partial charge in [-0.25, -0.2) is 0 Å². The SMILES string of the molecule is O=C(c1ccc2c(c1)OCCO2)N1C2CCC1CC(Cl)C2. The molecule has 3 aliphatic rings. The normalized spacial score (nSPS) is 30.3. The molecule has 2 unspecified atom stereocenters. The van der Waals surface area contributed by atoms with Gasteiger partial charge in [0.2, 0.25) is 0 Å². The van der Waals surface area contributed by atoms with Gasteiger partial charge < -0.3 is 14.4 Å². The quantitative estimate of drug-likeness (QED) is 0.749. The zero-order chi connectivity index (χ0) is 14.4. The van der Waals surface area contributed by atoms with Gasteiger partial charge in [0.05, 0.1) is 0 Å². The van der Waals surface area contributed by atoms with E-state index in [2.05, 4.69) is 0 Å². The first kappa shape index (κ1) is 13.3. The minimum absolute atomic E-state index is 0.100. The molecule has 3 heterocycles. The van der Waals surface area contributed by atoms with E-state index < -0.39 is 0 Å². The van der Waals surface area contributed by atoms with Gasteiger partial charge in [-0.2, -0.15) is 0 Å². The fourth-order valence-corrected chi connectivity index (χ4v) is 4.18. The zero-order valence-corrected chi connectivity index (χ0v) is 12.5. The highest BCUT2D eigenvalue weighted by atomic mass is 35.5. The van der Waals surface area contributed by atoms with Gasteiger partial charge >= 0.3 is 0 Å². The summed E-state index contributed by atoms with van der Waals surface area (Å²) in [6.45, 7) is 1.10. The average molecular weight is 308 g/mol. The van der Waals surface area contributed by atoms with Crippen LogP contribution in [0.5, 0.6) is 11.5 Å². The van der Waals surface area contributed by atoms with Gasteiger partial charge in [0.1, 0.15) is 13.2 Å². The van der Waals surface area contributed by atoms with Gasteiger partial charge in [0, 0.05) is 23.0 Å². The number of fused-ring (bicyclic) bond motifs is 3. The van der Waals surface area contributed by atoms with Crippen molar-refractivity contribution in [3.63, 3.8) is 0 Å². The third-order valence-corrected chi connectivity index (χ3v) is 5.06. The Bertz CT molecular complexity index is 563. The zero-order valence-electron chi connectivity index (χ0n) is 11.8. The number of rotatable bonds is 1. The summed E-state index contributed by atoms with van der Waals surface area (Å²) < 4.78 is 11.1. The molecule has 0 spiro atoms. The van der Waals surface area contributed by atoms with E-state index in [0.29, 0.717) is 36.6 Å². The molecular weight excluding hydrogens is 290 g/mol. The highest BCUT2D eigenvalue weighted by Gasteiger charge is 2.43. The maximum atomic E-state index is 12.8. The molecule has 0 aromatic heterocycles. The van der Waals surface area contributed by atoms with Crippen LogP contribution in [0.15, 0.2) is 18.2 Å². The Kier molecular flexibility index (Phi) is 3.21. The van der Waals surface area contributed by atoms with Crippen LogP contribution in [0, 0.1) is 0 Å². The molecule has 1 amide bonds. The highest BCUT2D eigenvalue weighted by Crippen LogP contribution is 2.39. The van der Waals surface area contributed by atoms with Crippen LogP contribution in [0.3, 0.4) is 0 Å². The predicted octanol–water partition coefficient (Wildman–Crippen LogP) is 2.83. The number of hydrogen-bond acceptors (Lipinski definition) is 3. The van der Waals surface area contributed by atoms with E-state index in [4.69, 9.17) is 21.1 Å². The van der Waals surface area contributed by atoms with E-state index in [0.717, 1.165) is 31.4 Å². The molecular formula is C16H18ClNO3. The van der Waals surface area contributed by atoms with Crippen LogP contribution in [0.2, 0.25) is 0 Å². The van der Waals surface area contributed by atoms with E-state index >= 15 is 0 Å². The van der Waals surface area contributed by atoms with Crippen molar-refractivity contribution in [3.05, 3.63) is 23.8 Å². The summed E-state index contributed by atoms with van der Waals surface area (Å²) in [4.78, 5) is 14.9. The van der Waals surface area contributed by atoms with Crippen LogP contribution in [0.1, 0.15) is 36.0 Å². The second kappa shape index (κ2) is 5.09. The van der Waals surface area contributed by atoms with Gasteiger partial charge in [0.15, 0.2) is 11.5 Å². The Balaban J connectivity index is 1.60. The molecule has 2 bridgehead atoms. The molecule has 3 aliphatic heterocycles. The van der Waals surface area contributed by atoms with Gasteiger partial charge in [0.25, 0.3) is 5.91 Å². The lowest BCUT2D eigenvalue weighted by atomic mass is 10.0. The first-order valence-electron chi connectivity index (χ1n) is 7.59. The second-order valence-corrected chi connectivity index (χ2v) is 6.64. The number of amides is 1. The first-order valence-corrected chi connectivity index (χ1v) is 8.02. The summed E-state index contributed by atoms with van der Waals surface area (Å²) in [5.41, 5.74) is 0.684. The monoisotopic (exact) mass is 307 g/mol. The molecule has 2 fully saturated rings. The number of halogens is 1. The van der Waals surface area contributed by atoms with Crippen LogP contribution in [0.25, 0.3) is 0 Å². The lowest BCUT2D eigenvalue weighted by molar-refractivity contribution is 0.0598. The van der Waals surface area contributed by atoms with Crippen LogP contribution in [-0.4, -0.2) is 41.5 Å². The third kappa shape index (κ3) is 2.26. The molecule has 2 atom stereocenters. The van der Waals surface area contributed by atoms with Gasteiger partial charge in [-0.1, -0.05) is 0 Å². The molecule has 1 aromatic rings. The summed E-state index contributed by atoms with van der Waals surface area (Å²) in [7, 11) is 0. The fraction of sp³-hybridized carbons (Fsp3) is 0.562. The minimum atomic E-state index is 0.100. The molecule has 0 aliphatic carbocycles. The van der Waals surface area contributed by atoms with Crippen LogP contribution in [0.4, 0.5) is 0 Å². The van der Waals surface area contributed by atoms with Crippen molar-refractivity contribution in [2.24, 2.45) is 0 Å². The molecule has 21 heavy (non-hydrogen) atoms. The number of piperidine rings is 1. The molecule has 0 radical (unpaired) electrons. The summed E-state index contributed by atoms with van der Waals surface area (Å²) in [5.74, 6) is 1.50. The molecule has 112 valence electrons. The van der Waals surface area contributed by atoms with Crippen molar-refractivity contribution in [1.29, 1.82) is 0 Å². The van der Waals surface area contributed by atoms with Crippen LogP contribution in [-0.2, 0) is 0 Å². The van der Waals surface area contributed by atoms with Gasteiger partial charge in [-0.05, 0) is 43.9 Å². The van der Waals surface area contributed by atoms with Gasteiger partial charge in [-0.3, -0.25) is 4.79 Å². The molecule has 4 nitrogen and oxygen atoms in total. The standard InChI is InChI=1S/C16H18ClNO3/c17-11-8-12-2-3-13(9-11)18(12)16(19)10-1-4-14-15(7-10)21-6-5-20-14/h1,4,7,11-13H,2-3,5-6,8-9H2. The molecule has 2 saturated heterocycles. The Labute approximate surface area is 129 Å². The molecule has 0 N–H and O–H groups in total. The number of carbonyl (C=O) groups excluding carboxylic acids is 1. The van der Waals surface area contributed by atoms with Crippen LogP contribution >= 0.6 is 11.6 Å². The molecule has 0 saturated carbocycles. The fourth-order valence-electron chi connectivity index (χ4n) is 3.77. The summed E-state index contributed by atoms with van der Waals surface area (Å²) >= 11 is 6.28. The third-order valence-electron chi connectivity index (χ3n) is 4.70. The molecule has 1 aromatic carbocycles. The summed E-state index contributed by atoms with van der Waals surface area (Å²) in [6, 6.07) is 6.07. The average Bonchev–Trinajstić information content (AvgIpc) is 2.78. The van der Waals surface area contributed by atoms with Crippen molar-refractivity contribution >= 4 is 17.5 Å². The number of hydrogen-bond donors (Lipinski definition) is 0. The van der Waals surface area contributed by atoms with E-state index in [1.165, 1.54) is 0 Å². The largest absolute Gasteiger partial charge is 0.486 e. The van der Waals surface area contributed by atoms with E-state index in [-0.39, 0.29) is 11.3 Å². The van der Waals surface area contributed by atoms with E-state index in [9.17, 15) is 4.79 Å². The Hall–Kier alpha value is -1.42. The van der Waals surface area contributed by atoms with Gasteiger partial charge in [-0.15, -0.1) is 11.6 Å². The predicted molar refractivity (Wildman–Crippen MR) is 79.3 cm³/mol. The summed E-state index contributed by atoms with van der Waals surface area (Å²) in [5, 5.41) is 0.215. The van der Waals surface area contributed by atoms with Crippen molar-refractivity contribution in [2.75, 3.05) is 13.2 Å². The number of alkyl halides is 1. The van der Waals surface area contributed by atoms with E-state index in [1.807, 2.05) is 23.1 Å². The number of nitrogens with zero attached hydrogens (tertiary/aromatic N) is 1. The smallest absolute Gasteiger partial charge is 0.254 e. The van der Waals surface area contributed by atoms with Crippen molar-refractivity contribution < 1.29 is 14.3 Å². The Morgan fingerprint density at radius 1 is 1.10 bits per heavy atom. The number of carbonyl (C=O) groups is 1. The molecule has 4 rings (SSSR count). The first-order chi connectivity index (χ1) is 10.2. The number of benzene rings is 1. The Morgan fingerprint density at radius 2 is 1.76 bits per heavy atom. The van der Waals surface area contributed by atoms with Crippen molar-refractivity contribution in [2.45, 2.75) is 43.1 Å². The van der Waals surface area contributed by atoms with E-state index in [1.54, 1.807) is 0 Å². The topological polar surface area (TPSA) is 38.8 Å². The highest BCUT2D eigenvalue weighted by molar-refractivity contribution is 6.20. The second-order valence-electron chi connectivity index (χ2n) is 6.02. The van der Waals surface area contributed by atoms with Crippen molar-refractivity contribution in [1.82, 2.24) is 4.90 Å². The molecule has 5 heteroatoms. The van der Waals surface area contributed by atoms with Crippen molar-refractivity contribution in [3.8, 4) is 11.5 Å². The summed E-state index contributed by atoms with van der Waals surface area (Å²) in [6.07, 6.45) is 3.97. The number of ether oxygens (including phenoxy) is 2. The lowest BCUT2D eigenvalue weighted by Gasteiger charge is -2.37. The minimum Gasteiger partial charge on any atom is -0.486 e. The Morgan fingerprint density at radius 3 is 2.48 bits per heavy atom.